The van der Waals surface area contributed by atoms with Crippen molar-refractivity contribution in [1.29, 1.82) is 0 Å². The van der Waals surface area contributed by atoms with Crippen LogP contribution in [-0.4, -0.2) is 34.1 Å². The number of anilines is 2. The molecule has 9 nitrogen and oxygen atoms in total. The molecule has 0 radical (unpaired) electrons. The third-order valence-corrected chi connectivity index (χ3v) is 5.15. The standard InChI is InChI=1S/C17H15F3N6O3S/c1-11-9-14(17(18,19)20)24-26(11)10-15(27)23-12-3-5-13(6-4-12)30(28,29)25-16-21-7-2-8-22-16/h2-9H,10H2,1H3,(H,23,27)(H,21,22,25). The Labute approximate surface area is 169 Å². The fraction of sp³-hybridized carbons (Fsp3) is 0.176. The van der Waals surface area contributed by atoms with E-state index in [4.69, 9.17) is 0 Å². The van der Waals surface area contributed by atoms with Gasteiger partial charge in [0.05, 0.1) is 4.90 Å². The van der Waals surface area contributed by atoms with E-state index in [9.17, 15) is 26.4 Å². The summed E-state index contributed by atoms with van der Waals surface area (Å²) >= 11 is 0. The minimum absolute atomic E-state index is 0.0920. The van der Waals surface area contributed by atoms with Crippen LogP contribution in [0.15, 0.2) is 53.7 Å². The van der Waals surface area contributed by atoms with Crippen LogP contribution >= 0.6 is 0 Å². The van der Waals surface area contributed by atoms with Gasteiger partial charge in [0.1, 0.15) is 6.54 Å². The number of carbonyl (C=O) groups excluding carboxylic acids is 1. The zero-order valence-corrected chi connectivity index (χ0v) is 16.2. The zero-order valence-electron chi connectivity index (χ0n) is 15.4. The first-order chi connectivity index (χ1) is 14.0. The van der Waals surface area contributed by atoms with Gasteiger partial charge in [-0.25, -0.2) is 23.1 Å². The summed E-state index contributed by atoms with van der Waals surface area (Å²) in [5.41, 5.74) is -0.652. The second kappa shape index (κ2) is 8.10. The molecule has 0 unspecified atom stereocenters. The average Bonchev–Trinajstić information content (AvgIpc) is 3.03. The molecule has 0 fully saturated rings. The van der Waals surface area contributed by atoms with Crippen LogP contribution < -0.4 is 10.0 Å². The van der Waals surface area contributed by atoms with Crippen LogP contribution in [0.1, 0.15) is 11.4 Å². The Kier molecular flexibility index (Phi) is 5.73. The van der Waals surface area contributed by atoms with Gasteiger partial charge in [-0.05, 0) is 43.3 Å². The molecule has 30 heavy (non-hydrogen) atoms. The predicted octanol–water partition coefficient (Wildman–Crippen LogP) is 2.44. The van der Waals surface area contributed by atoms with Gasteiger partial charge in [-0.3, -0.25) is 9.48 Å². The van der Waals surface area contributed by atoms with Crippen molar-refractivity contribution in [2.75, 3.05) is 10.0 Å². The number of amides is 1. The van der Waals surface area contributed by atoms with E-state index in [1.54, 1.807) is 0 Å². The number of halogens is 3. The van der Waals surface area contributed by atoms with E-state index in [1.807, 2.05) is 0 Å². The molecule has 2 heterocycles. The second-order valence-electron chi connectivity index (χ2n) is 6.08. The molecule has 1 amide bonds. The number of sulfonamides is 1. The Bertz CT molecular complexity index is 1150. The first-order valence-corrected chi connectivity index (χ1v) is 9.84. The molecule has 2 aromatic heterocycles. The van der Waals surface area contributed by atoms with Crippen LogP contribution in [0.4, 0.5) is 24.8 Å². The summed E-state index contributed by atoms with van der Waals surface area (Å²) in [7, 11) is -3.93. The molecule has 1 aromatic carbocycles. The number of aryl methyl sites for hydroxylation is 1. The molecule has 0 aliphatic heterocycles. The molecule has 3 rings (SSSR count). The highest BCUT2D eigenvalue weighted by Gasteiger charge is 2.34. The number of hydrogen-bond donors (Lipinski definition) is 2. The van der Waals surface area contributed by atoms with E-state index in [-0.39, 0.29) is 22.2 Å². The number of hydrogen-bond acceptors (Lipinski definition) is 6. The predicted molar refractivity (Wildman–Crippen MR) is 99.9 cm³/mol. The van der Waals surface area contributed by atoms with Gasteiger partial charge < -0.3 is 5.32 Å². The monoisotopic (exact) mass is 440 g/mol. The van der Waals surface area contributed by atoms with Gasteiger partial charge in [-0.2, -0.15) is 18.3 Å². The summed E-state index contributed by atoms with van der Waals surface area (Å²) in [6.07, 6.45) is -1.85. The van der Waals surface area contributed by atoms with Gasteiger partial charge in [-0.1, -0.05) is 0 Å². The fourth-order valence-electron chi connectivity index (χ4n) is 2.39. The lowest BCUT2D eigenvalue weighted by Crippen LogP contribution is -2.21. The molecular formula is C17H15F3N6O3S. The molecule has 158 valence electrons. The van der Waals surface area contributed by atoms with E-state index < -0.39 is 34.3 Å². The molecule has 0 spiro atoms. The zero-order chi connectivity index (χ0) is 21.9. The Morgan fingerprint density at radius 1 is 1.13 bits per heavy atom. The lowest BCUT2D eigenvalue weighted by molar-refractivity contribution is -0.141. The van der Waals surface area contributed by atoms with E-state index in [1.165, 1.54) is 49.6 Å². The van der Waals surface area contributed by atoms with Crippen LogP contribution in [0, 0.1) is 6.92 Å². The smallest absolute Gasteiger partial charge is 0.324 e. The van der Waals surface area contributed by atoms with Crippen LogP contribution in [0.3, 0.4) is 0 Å². The summed E-state index contributed by atoms with van der Waals surface area (Å²) in [5, 5.41) is 5.85. The van der Waals surface area contributed by atoms with Crippen molar-refractivity contribution in [1.82, 2.24) is 19.7 Å². The molecule has 3 aromatic rings. The second-order valence-corrected chi connectivity index (χ2v) is 7.76. The van der Waals surface area contributed by atoms with Gasteiger partial charge in [0.15, 0.2) is 5.69 Å². The number of benzene rings is 1. The van der Waals surface area contributed by atoms with Crippen molar-refractivity contribution in [2.45, 2.75) is 24.5 Å². The summed E-state index contributed by atoms with van der Waals surface area (Å²) in [5.74, 6) is -0.718. The van der Waals surface area contributed by atoms with Gasteiger partial charge in [0.25, 0.3) is 10.0 Å². The third kappa shape index (κ3) is 5.11. The molecular weight excluding hydrogens is 425 g/mol. The molecule has 0 aliphatic carbocycles. The van der Waals surface area contributed by atoms with Crippen LogP contribution in [0.5, 0.6) is 0 Å². The summed E-state index contributed by atoms with van der Waals surface area (Å²) < 4.78 is 65.9. The van der Waals surface area contributed by atoms with Crippen molar-refractivity contribution in [3.63, 3.8) is 0 Å². The van der Waals surface area contributed by atoms with Gasteiger partial charge in [-0.15, -0.1) is 0 Å². The fourth-order valence-corrected chi connectivity index (χ4v) is 3.35. The molecule has 0 saturated heterocycles. The maximum absolute atomic E-state index is 12.7. The van der Waals surface area contributed by atoms with Crippen molar-refractivity contribution < 1.29 is 26.4 Å². The maximum Gasteiger partial charge on any atom is 0.435 e. The summed E-state index contributed by atoms with van der Waals surface area (Å²) in [4.78, 5) is 19.6. The highest BCUT2D eigenvalue weighted by atomic mass is 32.2. The van der Waals surface area contributed by atoms with Gasteiger partial charge >= 0.3 is 6.18 Å². The lowest BCUT2D eigenvalue weighted by atomic mass is 10.3. The first-order valence-electron chi connectivity index (χ1n) is 8.36. The Morgan fingerprint density at radius 2 is 1.77 bits per heavy atom. The van der Waals surface area contributed by atoms with E-state index >= 15 is 0 Å². The SMILES string of the molecule is Cc1cc(C(F)(F)F)nn1CC(=O)Nc1ccc(S(=O)(=O)Nc2ncccn2)cc1. The van der Waals surface area contributed by atoms with Crippen molar-refractivity contribution in [3.05, 3.63) is 60.2 Å². The van der Waals surface area contributed by atoms with Gasteiger partial charge in [0.2, 0.25) is 11.9 Å². The number of alkyl halides is 3. The van der Waals surface area contributed by atoms with E-state index in [0.717, 1.165) is 10.7 Å². The Balaban J connectivity index is 1.66. The topological polar surface area (TPSA) is 119 Å². The first kappa shape index (κ1) is 21.2. The highest BCUT2D eigenvalue weighted by molar-refractivity contribution is 7.92. The van der Waals surface area contributed by atoms with Crippen LogP contribution in [0.2, 0.25) is 0 Å². The Morgan fingerprint density at radius 3 is 2.33 bits per heavy atom. The Hall–Kier alpha value is -3.48. The summed E-state index contributed by atoms with van der Waals surface area (Å²) in [6.45, 7) is 0.966. The molecule has 0 aliphatic rings. The number of carbonyl (C=O) groups is 1. The summed E-state index contributed by atoms with van der Waals surface area (Å²) in [6, 6.07) is 7.56. The highest BCUT2D eigenvalue weighted by Crippen LogP contribution is 2.28. The van der Waals surface area contributed by atoms with E-state index in [0.29, 0.717) is 0 Å². The number of nitrogens with one attached hydrogen (secondary N) is 2. The van der Waals surface area contributed by atoms with Crippen molar-refractivity contribution in [3.8, 4) is 0 Å². The number of rotatable bonds is 6. The third-order valence-electron chi connectivity index (χ3n) is 3.80. The number of aromatic nitrogens is 4. The quantitative estimate of drug-likeness (QED) is 0.608. The largest absolute Gasteiger partial charge is 0.435 e. The normalized spacial score (nSPS) is 11.9. The van der Waals surface area contributed by atoms with Gasteiger partial charge in [0, 0.05) is 23.8 Å². The molecule has 0 bridgehead atoms. The average molecular weight is 440 g/mol. The van der Waals surface area contributed by atoms with Crippen LogP contribution in [-0.2, 0) is 27.5 Å². The minimum atomic E-state index is -4.60. The van der Waals surface area contributed by atoms with Crippen molar-refractivity contribution >= 4 is 27.6 Å². The van der Waals surface area contributed by atoms with E-state index in [2.05, 4.69) is 25.1 Å². The lowest BCUT2D eigenvalue weighted by Gasteiger charge is -2.09. The minimum Gasteiger partial charge on any atom is -0.324 e. The molecule has 0 saturated carbocycles. The molecule has 13 heteroatoms. The van der Waals surface area contributed by atoms with Crippen LogP contribution in [0.25, 0.3) is 0 Å². The number of nitrogens with zero attached hydrogens (tertiary/aromatic N) is 4. The van der Waals surface area contributed by atoms with Crippen molar-refractivity contribution in [2.24, 2.45) is 0 Å². The maximum atomic E-state index is 12.7. The molecule has 2 N–H and O–H groups in total. The molecule has 0 atom stereocenters.